The van der Waals surface area contributed by atoms with E-state index >= 15 is 0 Å². The van der Waals surface area contributed by atoms with Crippen LogP contribution in [0.25, 0.3) is 0 Å². The molecule has 0 spiro atoms. The standard InChI is InChI=1S/C31H28N6O3/c1-19-28(20(2)40-35-19)34-30(38)21-11-12-27(22(17-21)18-32)36-13-15-37(16-14-36)29-23-7-3-4-8-24(23)31(39)33-26-10-6-5-9-25(26)29/h3-12,17,29H,13-16H2,1-2H3,(H,33,39)(H,34,38). The number of carbonyl (C=O) groups is 2. The van der Waals surface area contributed by atoms with Gasteiger partial charge in [-0.05, 0) is 55.3 Å². The van der Waals surface area contributed by atoms with E-state index in [1.807, 2.05) is 48.5 Å². The summed E-state index contributed by atoms with van der Waals surface area (Å²) in [7, 11) is 0. The van der Waals surface area contributed by atoms with Crippen molar-refractivity contribution in [3.8, 4) is 6.07 Å². The van der Waals surface area contributed by atoms with Gasteiger partial charge in [0, 0.05) is 43.0 Å². The molecule has 1 atom stereocenters. The Bertz CT molecular complexity index is 1640. The van der Waals surface area contributed by atoms with Crippen LogP contribution in [0.15, 0.2) is 71.3 Å². The van der Waals surface area contributed by atoms with E-state index in [0.29, 0.717) is 46.9 Å². The Morgan fingerprint density at radius 1 is 1.02 bits per heavy atom. The van der Waals surface area contributed by atoms with E-state index in [2.05, 4.69) is 37.7 Å². The van der Waals surface area contributed by atoms with Gasteiger partial charge in [-0.3, -0.25) is 14.5 Å². The number of benzene rings is 3. The topological polar surface area (TPSA) is 114 Å². The van der Waals surface area contributed by atoms with Crippen LogP contribution < -0.4 is 15.5 Å². The average Bonchev–Trinajstić information content (AvgIpc) is 3.23. The van der Waals surface area contributed by atoms with Gasteiger partial charge in [0.15, 0.2) is 5.76 Å². The summed E-state index contributed by atoms with van der Waals surface area (Å²) in [6.45, 7) is 6.36. The fraction of sp³-hybridized carbons (Fsp3) is 0.226. The number of anilines is 3. The Hall–Kier alpha value is -4.94. The summed E-state index contributed by atoms with van der Waals surface area (Å²) in [6.07, 6.45) is 0. The zero-order valence-corrected chi connectivity index (χ0v) is 22.3. The summed E-state index contributed by atoms with van der Waals surface area (Å²) in [5, 5.41) is 19.7. The monoisotopic (exact) mass is 532 g/mol. The van der Waals surface area contributed by atoms with Crippen molar-refractivity contribution < 1.29 is 14.1 Å². The van der Waals surface area contributed by atoms with Crippen LogP contribution in [-0.4, -0.2) is 48.0 Å². The van der Waals surface area contributed by atoms with Crippen LogP contribution in [0.4, 0.5) is 17.1 Å². The second-order valence-electron chi connectivity index (χ2n) is 10.1. The molecule has 200 valence electrons. The number of aromatic nitrogens is 1. The molecule has 2 aliphatic rings. The number of carbonyl (C=O) groups excluding carboxylic acids is 2. The Morgan fingerprint density at radius 3 is 2.48 bits per heavy atom. The Morgan fingerprint density at radius 2 is 1.75 bits per heavy atom. The van der Waals surface area contributed by atoms with Crippen LogP contribution in [-0.2, 0) is 0 Å². The van der Waals surface area contributed by atoms with Gasteiger partial charge < -0.3 is 20.1 Å². The number of para-hydroxylation sites is 1. The molecule has 1 aromatic heterocycles. The van der Waals surface area contributed by atoms with Crippen molar-refractivity contribution in [2.75, 3.05) is 41.7 Å². The number of nitrogens with zero attached hydrogens (tertiary/aromatic N) is 4. The summed E-state index contributed by atoms with van der Waals surface area (Å²) in [5.41, 5.74) is 6.35. The second kappa shape index (κ2) is 10.3. The quantitative estimate of drug-likeness (QED) is 0.385. The fourth-order valence-corrected chi connectivity index (χ4v) is 5.65. The summed E-state index contributed by atoms with van der Waals surface area (Å²) in [6, 6.07) is 23.2. The Labute approximate surface area is 232 Å². The van der Waals surface area contributed by atoms with E-state index in [1.165, 1.54) is 0 Å². The minimum absolute atomic E-state index is 0.0701. The normalized spacial score (nSPS) is 16.8. The molecule has 1 unspecified atom stereocenters. The highest BCUT2D eigenvalue weighted by Crippen LogP contribution is 2.39. The van der Waals surface area contributed by atoms with Crippen LogP contribution >= 0.6 is 0 Å². The van der Waals surface area contributed by atoms with Gasteiger partial charge in [-0.1, -0.05) is 41.6 Å². The lowest BCUT2D eigenvalue weighted by molar-refractivity contribution is 0.101. The highest BCUT2D eigenvalue weighted by molar-refractivity contribution is 6.07. The van der Waals surface area contributed by atoms with Gasteiger partial charge in [0.05, 0.1) is 17.3 Å². The predicted octanol–water partition coefficient (Wildman–Crippen LogP) is 4.89. The first-order valence-electron chi connectivity index (χ1n) is 13.2. The van der Waals surface area contributed by atoms with Gasteiger partial charge in [0.1, 0.15) is 17.5 Å². The van der Waals surface area contributed by atoms with E-state index < -0.39 is 0 Å². The van der Waals surface area contributed by atoms with E-state index in [-0.39, 0.29) is 17.9 Å². The number of fused-ring (bicyclic) bond motifs is 2. The van der Waals surface area contributed by atoms with Gasteiger partial charge in [0.25, 0.3) is 11.8 Å². The van der Waals surface area contributed by atoms with Gasteiger partial charge >= 0.3 is 0 Å². The number of piperazine rings is 1. The van der Waals surface area contributed by atoms with E-state index in [1.54, 1.807) is 26.0 Å². The Balaban J connectivity index is 1.23. The fourth-order valence-electron chi connectivity index (χ4n) is 5.65. The van der Waals surface area contributed by atoms with Crippen molar-refractivity contribution in [2.45, 2.75) is 19.9 Å². The number of hydrogen-bond donors (Lipinski definition) is 2. The number of nitrogens with one attached hydrogen (secondary N) is 2. The van der Waals surface area contributed by atoms with Crippen LogP contribution in [0.5, 0.6) is 0 Å². The first-order valence-corrected chi connectivity index (χ1v) is 13.2. The van der Waals surface area contributed by atoms with Crippen LogP contribution in [0.2, 0.25) is 0 Å². The number of rotatable bonds is 4. The molecule has 9 nitrogen and oxygen atoms in total. The van der Waals surface area contributed by atoms with Crippen LogP contribution in [0, 0.1) is 25.2 Å². The highest BCUT2D eigenvalue weighted by atomic mass is 16.5. The summed E-state index contributed by atoms with van der Waals surface area (Å²) in [5.74, 6) is 0.109. The van der Waals surface area contributed by atoms with Gasteiger partial charge in [-0.2, -0.15) is 5.26 Å². The molecule has 40 heavy (non-hydrogen) atoms. The number of hydrogen-bond acceptors (Lipinski definition) is 7. The van der Waals surface area contributed by atoms with Crippen molar-refractivity contribution >= 4 is 28.9 Å². The number of amides is 2. The molecule has 4 aromatic rings. The van der Waals surface area contributed by atoms with Crippen molar-refractivity contribution in [1.82, 2.24) is 10.1 Å². The molecule has 6 rings (SSSR count). The maximum atomic E-state index is 13.0. The van der Waals surface area contributed by atoms with Crippen molar-refractivity contribution in [3.05, 3.63) is 106 Å². The van der Waals surface area contributed by atoms with Crippen LogP contribution in [0.1, 0.15) is 54.9 Å². The summed E-state index contributed by atoms with van der Waals surface area (Å²) in [4.78, 5) is 30.5. The van der Waals surface area contributed by atoms with E-state index in [9.17, 15) is 14.9 Å². The van der Waals surface area contributed by atoms with E-state index in [0.717, 1.165) is 35.6 Å². The molecule has 0 radical (unpaired) electrons. The molecule has 3 aromatic carbocycles. The Kier molecular flexibility index (Phi) is 6.54. The molecule has 2 N–H and O–H groups in total. The third kappa shape index (κ3) is 4.48. The first kappa shape index (κ1) is 25.3. The van der Waals surface area contributed by atoms with Crippen molar-refractivity contribution in [2.24, 2.45) is 0 Å². The molecule has 0 aliphatic carbocycles. The third-order valence-electron chi connectivity index (χ3n) is 7.67. The maximum absolute atomic E-state index is 13.0. The predicted molar refractivity (Wildman–Crippen MR) is 152 cm³/mol. The molecular weight excluding hydrogens is 504 g/mol. The smallest absolute Gasteiger partial charge is 0.256 e. The molecule has 0 bridgehead atoms. The lowest BCUT2D eigenvalue weighted by atomic mass is 9.93. The average molecular weight is 533 g/mol. The van der Waals surface area contributed by atoms with Crippen molar-refractivity contribution in [3.63, 3.8) is 0 Å². The zero-order valence-electron chi connectivity index (χ0n) is 22.3. The summed E-state index contributed by atoms with van der Waals surface area (Å²) >= 11 is 0. The molecule has 2 aliphatic heterocycles. The first-order chi connectivity index (χ1) is 19.4. The molecule has 1 saturated heterocycles. The summed E-state index contributed by atoms with van der Waals surface area (Å²) < 4.78 is 5.13. The minimum Gasteiger partial charge on any atom is -0.368 e. The van der Waals surface area contributed by atoms with Crippen molar-refractivity contribution in [1.29, 1.82) is 5.26 Å². The minimum atomic E-state index is -0.323. The van der Waals surface area contributed by atoms with Gasteiger partial charge in [-0.25, -0.2) is 0 Å². The third-order valence-corrected chi connectivity index (χ3v) is 7.67. The largest absolute Gasteiger partial charge is 0.368 e. The molecule has 1 fully saturated rings. The lowest BCUT2D eigenvalue weighted by Gasteiger charge is -2.41. The number of nitriles is 1. The lowest BCUT2D eigenvalue weighted by Crippen LogP contribution is -2.48. The van der Waals surface area contributed by atoms with Gasteiger partial charge in [-0.15, -0.1) is 0 Å². The van der Waals surface area contributed by atoms with Gasteiger partial charge in [0.2, 0.25) is 0 Å². The SMILES string of the molecule is Cc1noc(C)c1NC(=O)c1ccc(N2CCN(C3c4ccccc4NC(=O)c4ccccc43)CC2)c(C#N)c1. The molecule has 3 heterocycles. The highest BCUT2D eigenvalue weighted by Gasteiger charge is 2.33. The maximum Gasteiger partial charge on any atom is 0.256 e. The molecule has 2 amide bonds. The molecule has 9 heteroatoms. The molecular formula is C31H28N6O3. The number of aryl methyl sites for hydroxylation is 2. The van der Waals surface area contributed by atoms with E-state index in [4.69, 9.17) is 4.52 Å². The molecule has 0 saturated carbocycles. The zero-order chi connectivity index (χ0) is 27.8. The van der Waals surface area contributed by atoms with Crippen LogP contribution in [0.3, 0.4) is 0 Å². The second-order valence-corrected chi connectivity index (χ2v) is 10.1.